The molecule has 9 nitrogen and oxygen atoms in total. The zero-order chi connectivity index (χ0) is 24.5. The fraction of sp³-hybridized carbons (Fsp3) is 0.280. The maximum atomic E-state index is 12.2. The van der Waals surface area contributed by atoms with Crippen LogP contribution in [0, 0.1) is 6.92 Å². The molecule has 0 aliphatic carbocycles. The lowest BCUT2D eigenvalue weighted by Crippen LogP contribution is -2.27. The molecule has 0 aliphatic rings. The Morgan fingerprint density at radius 3 is 2.53 bits per heavy atom. The highest BCUT2D eigenvalue weighted by Gasteiger charge is 2.18. The van der Waals surface area contributed by atoms with E-state index in [1.807, 2.05) is 26.0 Å². The fourth-order valence-corrected chi connectivity index (χ4v) is 3.47. The van der Waals surface area contributed by atoms with E-state index in [-0.39, 0.29) is 5.78 Å². The quantitative estimate of drug-likeness (QED) is 0.413. The van der Waals surface area contributed by atoms with E-state index in [0.717, 1.165) is 22.1 Å². The Hall–Kier alpha value is -4.14. The number of ether oxygens (including phenoxy) is 1. The van der Waals surface area contributed by atoms with Crippen LogP contribution in [0.25, 0.3) is 27.8 Å². The minimum absolute atomic E-state index is 0.00666. The highest BCUT2D eigenvalue weighted by Crippen LogP contribution is 2.31. The van der Waals surface area contributed by atoms with Gasteiger partial charge in [0.2, 0.25) is 0 Å². The van der Waals surface area contributed by atoms with Crippen LogP contribution in [0.4, 0.5) is 10.6 Å². The Morgan fingerprint density at radius 2 is 1.88 bits per heavy atom. The monoisotopic (exact) mass is 458 g/mol. The number of carbonyl (C=O) groups is 2. The Kier molecular flexibility index (Phi) is 6.10. The number of amides is 1. The summed E-state index contributed by atoms with van der Waals surface area (Å²) >= 11 is 0. The molecule has 34 heavy (non-hydrogen) atoms. The van der Waals surface area contributed by atoms with E-state index in [4.69, 9.17) is 9.72 Å². The van der Waals surface area contributed by atoms with Crippen LogP contribution in [0.3, 0.4) is 0 Å². The third-order valence-corrected chi connectivity index (χ3v) is 5.04. The number of pyridine rings is 3. The lowest BCUT2D eigenvalue weighted by molar-refractivity contribution is 0.0635. The molecule has 0 aromatic carbocycles. The third-order valence-electron chi connectivity index (χ3n) is 5.04. The summed E-state index contributed by atoms with van der Waals surface area (Å²) in [6.07, 6.45) is 6.62. The number of hydrogen-bond donors (Lipinski definition) is 1. The van der Waals surface area contributed by atoms with Gasteiger partial charge in [-0.1, -0.05) is 6.92 Å². The van der Waals surface area contributed by atoms with Crippen molar-refractivity contribution in [1.29, 1.82) is 0 Å². The molecule has 4 rings (SSSR count). The number of Topliss-reactive ketones (excluding diaryl/α,β-unsaturated/α-hetero) is 1. The zero-order valence-electron chi connectivity index (χ0n) is 19.8. The maximum Gasteiger partial charge on any atom is 0.413 e. The van der Waals surface area contributed by atoms with Gasteiger partial charge in [-0.2, -0.15) is 5.10 Å². The maximum absolute atomic E-state index is 12.2. The van der Waals surface area contributed by atoms with Crippen molar-refractivity contribution in [2.75, 3.05) is 5.32 Å². The van der Waals surface area contributed by atoms with Gasteiger partial charge in [-0.15, -0.1) is 0 Å². The van der Waals surface area contributed by atoms with Crippen LogP contribution < -0.4 is 5.32 Å². The number of rotatable bonds is 5. The molecule has 0 unspecified atom stereocenters. The van der Waals surface area contributed by atoms with Gasteiger partial charge in [0.1, 0.15) is 17.1 Å². The topological polar surface area (TPSA) is 112 Å². The van der Waals surface area contributed by atoms with Crippen LogP contribution in [0.5, 0.6) is 0 Å². The minimum Gasteiger partial charge on any atom is -0.444 e. The molecule has 174 valence electrons. The number of fused-ring (bicyclic) bond motifs is 1. The number of nitrogens with one attached hydrogen (secondary N) is 1. The Balaban J connectivity index is 1.79. The number of aromatic nitrogens is 5. The molecule has 9 heteroatoms. The molecule has 0 atom stereocenters. The molecule has 0 radical (unpaired) electrons. The highest BCUT2D eigenvalue weighted by atomic mass is 16.6. The first-order chi connectivity index (χ1) is 16.1. The molecule has 0 bridgehead atoms. The van der Waals surface area contributed by atoms with Gasteiger partial charge in [-0.25, -0.2) is 19.4 Å². The Morgan fingerprint density at radius 1 is 1.09 bits per heavy atom. The van der Waals surface area contributed by atoms with E-state index in [0.29, 0.717) is 29.3 Å². The first kappa shape index (κ1) is 23.0. The van der Waals surface area contributed by atoms with E-state index < -0.39 is 11.7 Å². The van der Waals surface area contributed by atoms with Crippen molar-refractivity contribution in [3.05, 3.63) is 60.3 Å². The van der Waals surface area contributed by atoms with E-state index in [1.54, 1.807) is 62.4 Å². The predicted octanol–water partition coefficient (Wildman–Crippen LogP) is 5.13. The molecular weight excluding hydrogens is 432 g/mol. The summed E-state index contributed by atoms with van der Waals surface area (Å²) < 4.78 is 6.97. The number of aryl methyl sites for hydroxylation is 1. The van der Waals surface area contributed by atoms with Crippen molar-refractivity contribution in [3.8, 4) is 16.9 Å². The summed E-state index contributed by atoms with van der Waals surface area (Å²) in [6, 6.07) is 7.25. The lowest BCUT2D eigenvalue weighted by atomic mass is 10.0. The second kappa shape index (κ2) is 9.01. The van der Waals surface area contributed by atoms with E-state index in [1.165, 1.54) is 0 Å². The molecule has 0 saturated carbocycles. The second-order valence-electron chi connectivity index (χ2n) is 8.86. The van der Waals surface area contributed by atoms with Gasteiger partial charge < -0.3 is 4.74 Å². The summed E-state index contributed by atoms with van der Waals surface area (Å²) in [5.41, 5.74) is 2.98. The summed E-state index contributed by atoms with van der Waals surface area (Å²) in [5, 5.41) is 7.77. The summed E-state index contributed by atoms with van der Waals surface area (Å²) in [4.78, 5) is 37.8. The van der Waals surface area contributed by atoms with E-state index >= 15 is 0 Å². The van der Waals surface area contributed by atoms with E-state index in [2.05, 4.69) is 20.4 Å². The molecule has 0 saturated heterocycles. The van der Waals surface area contributed by atoms with Gasteiger partial charge in [-0.3, -0.25) is 15.1 Å². The molecule has 4 aromatic rings. The first-order valence-corrected chi connectivity index (χ1v) is 11.0. The minimum atomic E-state index is -0.621. The molecule has 0 aliphatic heterocycles. The van der Waals surface area contributed by atoms with Crippen molar-refractivity contribution < 1.29 is 14.3 Å². The van der Waals surface area contributed by atoms with Crippen molar-refractivity contribution in [2.45, 2.75) is 46.6 Å². The van der Waals surface area contributed by atoms with Crippen molar-refractivity contribution in [3.63, 3.8) is 0 Å². The van der Waals surface area contributed by atoms with Crippen molar-refractivity contribution in [2.24, 2.45) is 0 Å². The van der Waals surface area contributed by atoms with Gasteiger partial charge >= 0.3 is 6.09 Å². The normalized spacial score (nSPS) is 11.4. The average Bonchev–Trinajstić information content (AvgIpc) is 3.31. The summed E-state index contributed by atoms with van der Waals surface area (Å²) in [6.45, 7) is 9.13. The van der Waals surface area contributed by atoms with Crippen LogP contribution in [0.1, 0.15) is 50.2 Å². The molecule has 0 fully saturated rings. The number of carbonyl (C=O) groups excluding carboxylic acids is 2. The number of ketones is 1. The Labute approximate surface area is 197 Å². The molecule has 1 N–H and O–H groups in total. The van der Waals surface area contributed by atoms with Crippen LogP contribution in [-0.4, -0.2) is 42.2 Å². The van der Waals surface area contributed by atoms with Gasteiger partial charge in [0, 0.05) is 53.8 Å². The SMILES string of the molecule is CCC(=O)c1cc(C)c(-c2cc3cnc(NC(=O)OC(C)(C)C)cc3nc2-n2cccn2)cn1. The van der Waals surface area contributed by atoms with Crippen molar-refractivity contribution >= 4 is 28.6 Å². The first-order valence-electron chi connectivity index (χ1n) is 11.0. The van der Waals surface area contributed by atoms with Gasteiger partial charge in [0.25, 0.3) is 0 Å². The predicted molar refractivity (Wildman–Crippen MR) is 129 cm³/mol. The van der Waals surface area contributed by atoms with Gasteiger partial charge in [0.15, 0.2) is 11.6 Å². The van der Waals surface area contributed by atoms with Crippen molar-refractivity contribution in [1.82, 2.24) is 24.7 Å². The lowest BCUT2D eigenvalue weighted by Gasteiger charge is -2.19. The summed E-state index contributed by atoms with van der Waals surface area (Å²) in [7, 11) is 0. The average molecular weight is 459 g/mol. The zero-order valence-corrected chi connectivity index (χ0v) is 19.8. The molecule has 4 aromatic heterocycles. The van der Waals surface area contributed by atoms with Crippen LogP contribution >= 0.6 is 0 Å². The molecular formula is C25H26N6O3. The standard InChI is InChI=1S/C25H26N6O3/c1-6-21(32)20-10-15(2)18(14-26-20)17-11-16-13-27-22(30-24(33)34-25(3,4)5)12-19(16)29-23(17)31-9-7-8-28-31/h7-14H,6H2,1-5H3,(H,27,30,33). The van der Waals surface area contributed by atoms with E-state index in [9.17, 15) is 9.59 Å². The number of hydrogen-bond acceptors (Lipinski definition) is 7. The largest absolute Gasteiger partial charge is 0.444 e. The number of anilines is 1. The Bertz CT molecular complexity index is 1370. The second-order valence-corrected chi connectivity index (χ2v) is 8.86. The molecule has 0 spiro atoms. The smallest absolute Gasteiger partial charge is 0.413 e. The highest BCUT2D eigenvalue weighted by molar-refractivity contribution is 5.95. The van der Waals surface area contributed by atoms with Crippen LogP contribution in [0.2, 0.25) is 0 Å². The third kappa shape index (κ3) is 4.93. The fourth-order valence-electron chi connectivity index (χ4n) is 3.47. The van der Waals surface area contributed by atoms with Crippen LogP contribution in [0.15, 0.2) is 49.1 Å². The summed E-state index contributed by atoms with van der Waals surface area (Å²) in [5.74, 6) is 0.910. The molecule has 1 amide bonds. The molecule has 4 heterocycles. The van der Waals surface area contributed by atoms with Crippen LogP contribution in [-0.2, 0) is 4.74 Å². The van der Waals surface area contributed by atoms with Gasteiger partial charge in [-0.05, 0) is 51.5 Å². The number of nitrogens with zero attached hydrogens (tertiary/aromatic N) is 5. The van der Waals surface area contributed by atoms with Gasteiger partial charge in [0.05, 0.1) is 5.52 Å².